The lowest BCUT2D eigenvalue weighted by molar-refractivity contribution is -0.126. The van der Waals surface area contributed by atoms with E-state index < -0.39 is 0 Å². The molecule has 0 spiro atoms. The zero-order chi connectivity index (χ0) is 21.5. The molecule has 0 aromatic heterocycles. The average Bonchev–Trinajstić information content (AvgIpc) is 3.04. The summed E-state index contributed by atoms with van der Waals surface area (Å²) < 4.78 is 5.74. The molecule has 30 heavy (non-hydrogen) atoms. The fourth-order valence-electron chi connectivity index (χ4n) is 7.58. The molecule has 1 amide bonds. The smallest absolute Gasteiger partial charge is 0.407 e. The fourth-order valence-corrected chi connectivity index (χ4v) is 7.58. The summed E-state index contributed by atoms with van der Waals surface area (Å²) in [6.07, 6.45) is 11.2. The number of likely N-dealkylation sites (N-methyl/N-ethyl adjacent to an activating group) is 1. The maximum atomic E-state index is 12.3. The standard InChI is InChI=1S/C25H40N2O3/c1-16(28)22-9-10-23-21-7-5-17-15-18(30-24(29)26-13-14-27(3)4)6-8-19(17)20(21)11-12-25(22,23)2/h5,18-23H,6-15H2,1-4H3,(H,26,29)/t18-,19?,20?,21?,22+,23?,25+/m0/s1. The maximum Gasteiger partial charge on any atom is 0.407 e. The fraction of sp³-hybridized carbons (Fsp3) is 0.840. The Morgan fingerprint density at radius 1 is 1.17 bits per heavy atom. The quantitative estimate of drug-likeness (QED) is 0.674. The lowest BCUT2D eigenvalue weighted by Gasteiger charge is -2.53. The van der Waals surface area contributed by atoms with Gasteiger partial charge in [0, 0.05) is 25.4 Å². The minimum atomic E-state index is -0.274. The summed E-state index contributed by atoms with van der Waals surface area (Å²) in [6, 6.07) is 0. The molecule has 0 bridgehead atoms. The van der Waals surface area contributed by atoms with Gasteiger partial charge in [-0.1, -0.05) is 18.6 Å². The SMILES string of the molecule is CC(=O)[C@H]1CCC2C3CC=C4C[C@@H](OC(=O)NCCN(C)C)CCC4C3CC[C@@]21C. The molecule has 4 aliphatic rings. The summed E-state index contributed by atoms with van der Waals surface area (Å²) in [5.74, 6) is 3.58. The molecule has 0 aliphatic heterocycles. The Morgan fingerprint density at radius 2 is 1.97 bits per heavy atom. The van der Waals surface area contributed by atoms with Crippen LogP contribution in [0.5, 0.6) is 0 Å². The molecule has 4 rings (SSSR count). The first kappa shape index (κ1) is 21.9. The Hall–Kier alpha value is -1.36. The van der Waals surface area contributed by atoms with Gasteiger partial charge in [-0.25, -0.2) is 4.79 Å². The molecule has 4 unspecified atom stereocenters. The largest absolute Gasteiger partial charge is 0.446 e. The Balaban J connectivity index is 1.37. The summed E-state index contributed by atoms with van der Waals surface area (Å²) in [4.78, 5) is 26.4. The first-order valence-electron chi connectivity index (χ1n) is 12.1. The van der Waals surface area contributed by atoms with E-state index in [9.17, 15) is 9.59 Å². The van der Waals surface area contributed by atoms with Crippen molar-refractivity contribution in [3.63, 3.8) is 0 Å². The number of rotatable bonds is 5. The van der Waals surface area contributed by atoms with Gasteiger partial charge in [-0.2, -0.15) is 0 Å². The van der Waals surface area contributed by atoms with Crippen LogP contribution < -0.4 is 5.32 Å². The monoisotopic (exact) mass is 416 g/mol. The van der Waals surface area contributed by atoms with Crippen LogP contribution in [-0.2, 0) is 9.53 Å². The molecule has 0 aromatic rings. The number of amides is 1. The van der Waals surface area contributed by atoms with Crippen molar-refractivity contribution in [3.8, 4) is 0 Å². The molecule has 0 saturated heterocycles. The highest BCUT2D eigenvalue weighted by molar-refractivity contribution is 5.79. The van der Waals surface area contributed by atoms with Crippen molar-refractivity contribution < 1.29 is 14.3 Å². The summed E-state index contributed by atoms with van der Waals surface area (Å²) >= 11 is 0. The molecular weight excluding hydrogens is 376 g/mol. The van der Waals surface area contributed by atoms with Gasteiger partial charge in [0.1, 0.15) is 11.9 Å². The van der Waals surface area contributed by atoms with Crippen LogP contribution in [0.1, 0.15) is 65.2 Å². The van der Waals surface area contributed by atoms with Gasteiger partial charge in [0.05, 0.1) is 0 Å². The Morgan fingerprint density at radius 3 is 2.70 bits per heavy atom. The van der Waals surface area contributed by atoms with Crippen LogP contribution >= 0.6 is 0 Å². The second kappa shape index (κ2) is 8.64. The number of ether oxygens (including phenoxy) is 1. The third-order valence-corrected chi connectivity index (χ3v) is 8.99. The molecule has 0 radical (unpaired) electrons. The van der Waals surface area contributed by atoms with Crippen LogP contribution in [0.15, 0.2) is 11.6 Å². The van der Waals surface area contributed by atoms with Gasteiger partial charge < -0.3 is 15.0 Å². The van der Waals surface area contributed by atoms with Crippen molar-refractivity contribution in [2.75, 3.05) is 27.2 Å². The minimum absolute atomic E-state index is 0.0193. The Labute approximate surface area is 182 Å². The van der Waals surface area contributed by atoms with E-state index in [0.29, 0.717) is 24.2 Å². The number of carbonyl (C=O) groups excluding carboxylic acids is 2. The Kier molecular flexibility index (Phi) is 6.30. The molecule has 7 atom stereocenters. The molecule has 0 aromatic carbocycles. The predicted molar refractivity (Wildman–Crippen MR) is 118 cm³/mol. The number of alkyl carbamates (subject to hydrolysis) is 1. The maximum absolute atomic E-state index is 12.3. The van der Waals surface area contributed by atoms with Crippen LogP contribution in [0.4, 0.5) is 4.79 Å². The summed E-state index contributed by atoms with van der Waals surface area (Å²) in [6.45, 7) is 5.66. The predicted octanol–water partition coefficient (Wildman–Crippen LogP) is 4.42. The number of carbonyl (C=O) groups is 2. The number of Topliss-reactive ketones (excluding diaryl/α,β-unsaturated/α-hetero) is 1. The summed E-state index contributed by atoms with van der Waals surface area (Å²) in [5, 5.41) is 2.87. The van der Waals surface area contributed by atoms with Gasteiger partial charge in [0.15, 0.2) is 0 Å². The van der Waals surface area contributed by atoms with E-state index in [0.717, 1.165) is 50.5 Å². The lowest BCUT2D eigenvalue weighted by atomic mass is 9.51. The van der Waals surface area contributed by atoms with Gasteiger partial charge in [-0.15, -0.1) is 0 Å². The van der Waals surface area contributed by atoms with Crippen molar-refractivity contribution in [1.82, 2.24) is 10.2 Å². The zero-order valence-corrected chi connectivity index (χ0v) is 19.3. The van der Waals surface area contributed by atoms with Crippen molar-refractivity contribution in [2.45, 2.75) is 71.3 Å². The summed E-state index contributed by atoms with van der Waals surface area (Å²) in [5.41, 5.74) is 1.77. The van der Waals surface area contributed by atoms with E-state index in [-0.39, 0.29) is 23.5 Å². The molecule has 4 aliphatic carbocycles. The van der Waals surface area contributed by atoms with E-state index >= 15 is 0 Å². The van der Waals surface area contributed by atoms with Gasteiger partial charge >= 0.3 is 6.09 Å². The van der Waals surface area contributed by atoms with Gasteiger partial charge in [0.2, 0.25) is 0 Å². The second-order valence-electron chi connectivity index (χ2n) is 10.9. The number of hydrogen-bond donors (Lipinski definition) is 1. The zero-order valence-electron chi connectivity index (χ0n) is 19.3. The van der Waals surface area contributed by atoms with Crippen LogP contribution in [0, 0.1) is 35.0 Å². The first-order valence-corrected chi connectivity index (χ1v) is 12.1. The molecule has 0 heterocycles. The van der Waals surface area contributed by atoms with Crippen molar-refractivity contribution in [3.05, 3.63) is 11.6 Å². The van der Waals surface area contributed by atoms with Gasteiger partial charge in [-0.05, 0) is 95.1 Å². The number of allylic oxidation sites excluding steroid dienone is 1. The van der Waals surface area contributed by atoms with Gasteiger partial charge in [0.25, 0.3) is 0 Å². The summed E-state index contributed by atoms with van der Waals surface area (Å²) in [7, 11) is 3.99. The molecule has 3 saturated carbocycles. The van der Waals surface area contributed by atoms with Gasteiger partial charge in [-0.3, -0.25) is 4.79 Å². The highest BCUT2D eigenvalue weighted by atomic mass is 16.6. The van der Waals surface area contributed by atoms with Crippen LogP contribution in [0.2, 0.25) is 0 Å². The first-order chi connectivity index (χ1) is 14.3. The number of hydrogen-bond acceptors (Lipinski definition) is 4. The number of ketones is 1. The van der Waals surface area contributed by atoms with E-state index in [1.165, 1.54) is 19.3 Å². The van der Waals surface area contributed by atoms with Crippen LogP contribution in [0.3, 0.4) is 0 Å². The van der Waals surface area contributed by atoms with Crippen molar-refractivity contribution >= 4 is 11.9 Å². The van der Waals surface area contributed by atoms with Crippen LogP contribution in [-0.4, -0.2) is 50.1 Å². The molecule has 5 nitrogen and oxygen atoms in total. The third kappa shape index (κ3) is 4.06. The molecule has 168 valence electrons. The Bertz CT molecular complexity index is 703. The molecular formula is C25H40N2O3. The lowest BCUT2D eigenvalue weighted by Crippen LogP contribution is -2.47. The van der Waals surface area contributed by atoms with E-state index in [2.05, 4.69) is 18.3 Å². The average molecular weight is 417 g/mol. The number of nitrogens with zero attached hydrogens (tertiary/aromatic N) is 1. The van der Waals surface area contributed by atoms with E-state index in [1.807, 2.05) is 19.0 Å². The van der Waals surface area contributed by atoms with Crippen molar-refractivity contribution in [1.29, 1.82) is 0 Å². The topological polar surface area (TPSA) is 58.6 Å². The van der Waals surface area contributed by atoms with E-state index in [4.69, 9.17) is 4.74 Å². The highest BCUT2D eigenvalue weighted by Gasteiger charge is 2.56. The second-order valence-corrected chi connectivity index (χ2v) is 10.9. The molecule has 1 N–H and O–H groups in total. The molecule has 5 heteroatoms. The highest BCUT2D eigenvalue weighted by Crippen LogP contribution is 2.63. The third-order valence-electron chi connectivity index (χ3n) is 8.99. The van der Waals surface area contributed by atoms with Crippen LogP contribution in [0.25, 0.3) is 0 Å². The van der Waals surface area contributed by atoms with Crippen molar-refractivity contribution in [2.24, 2.45) is 35.0 Å². The van der Waals surface area contributed by atoms with E-state index in [1.54, 1.807) is 12.5 Å². The number of fused-ring (bicyclic) bond motifs is 5. The number of nitrogens with one attached hydrogen (secondary N) is 1. The normalized spacial score (nSPS) is 40.1. The molecule has 3 fully saturated rings. The minimum Gasteiger partial charge on any atom is -0.446 e.